The molecule has 1 aromatic heterocycles. The minimum atomic E-state index is -0.182. The van der Waals surface area contributed by atoms with E-state index in [9.17, 15) is 0 Å². The topological polar surface area (TPSA) is 23.4 Å². The highest BCUT2D eigenvalue weighted by Gasteiger charge is 2.46. The molecule has 1 aliphatic carbocycles. The van der Waals surface area contributed by atoms with Gasteiger partial charge in [-0.05, 0) is 52.5 Å². The van der Waals surface area contributed by atoms with Crippen molar-refractivity contribution in [3.05, 3.63) is 138 Å². The van der Waals surface area contributed by atoms with Crippen molar-refractivity contribution < 1.29 is 9.39 Å². The molecule has 6 aromatic rings. The Morgan fingerprint density at radius 3 is 2.15 bits per heavy atom. The average molecular weight is 513 g/mol. The van der Waals surface area contributed by atoms with Gasteiger partial charge < -0.3 is 14.0 Å². The van der Waals surface area contributed by atoms with Gasteiger partial charge >= 0.3 is 6.92 Å². The van der Waals surface area contributed by atoms with Gasteiger partial charge in [-0.25, -0.2) is 0 Å². The predicted octanol–water partition coefficient (Wildman–Crippen LogP) is 7.75. The molecule has 3 heterocycles. The summed E-state index contributed by atoms with van der Waals surface area (Å²) < 4.78 is 16.1. The Morgan fingerprint density at radius 2 is 1.35 bits per heavy atom. The number of para-hydroxylation sites is 3. The van der Waals surface area contributed by atoms with Crippen LogP contribution in [0.4, 0.5) is 0 Å². The molecule has 0 saturated carbocycles. The summed E-state index contributed by atoms with van der Waals surface area (Å²) in [6.45, 7) is -0.182. The molecule has 188 valence electrons. The van der Waals surface area contributed by atoms with E-state index in [0.717, 1.165) is 28.9 Å². The smallest absolute Gasteiger partial charge is 0.430 e. The van der Waals surface area contributed by atoms with E-state index in [4.69, 9.17) is 9.39 Å². The Hall–Kier alpha value is -4.96. The van der Waals surface area contributed by atoms with Gasteiger partial charge in [0.1, 0.15) is 17.6 Å². The summed E-state index contributed by atoms with van der Waals surface area (Å²) in [5.41, 5.74) is 10.7. The lowest BCUT2D eigenvalue weighted by molar-refractivity contribution is 0.242. The molecule has 2 aliphatic heterocycles. The van der Waals surface area contributed by atoms with E-state index in [1.807, 2.05) is 0 Å². The molecule has 0 amide bonds. The van der Waals surface area contributed by atoms with E-state index in [1.165, 1.54) is 49.7 Å². The summed E-state index contributed by atoms with van der Waals surface area (Å²) in [6.07, 6.45) is 3.04. The number of benzene rings is 5. The number of aromatic nitrogens is 1. The number of hydrogen-bond acceptors (Lipinski definition) is 2. The SMILES string of the molecule is C1=C(n2c3ccccc3c3ccccc32)CC2Oc3ccc(-c4ccccc4)cc3B3Oc4ccccc4C1=C32. The third kappa shape index (κ3) is 3.08. The monoisotopic (exact) mass is 513 g/mol. The van der Waals surface area contributed by atoms with E-state index in [2.05, 4.69) is 132 Å². The fraction of sp³-hybridized carbons (Fsp3) is 0.0556. The van der Waals surface area contributed by atoms with Crippen LogP contribution in [0, 0.1) is 0 Å². The Balaban J connectivity index is 1.28. The zero-order valence-corrected chi connectivity index (χ0v) is 21.7. The summed E-state index contributed by atoms with van der Waals surface area (Å²) in [5, 5.41) is 2.54. The number of rotatable bonds is 2. The van der Waals surface area contributed by atoms with Crippen LogP contribution in [-0.2, 0) is 0 Å². The van der Waals surface area contributed by atoms with Crippen LogP contribution >= 0.6 is 0 Å². The third-order valence-electron chi connectivity index (χ3n) is 8.60. The molecule has 3 aliphatic rings. The predicted molar refractivity (Wildman–Crippen MR) is 164 cm³/mol. The van der Waals surface area contributed by atoms with E-state index >= 15 is 0 Å². The second-order valence-electron chi connectivity index (χ2n) is 10.8. The van der Waals surface area contributed by atoms with Gasteiger partial charge in [0.15, 0.2) is 0 Å². The minimum absolute atomic E-state index is 0.108. The first kappa shape index (κ1) is 21.9. The Morgan fingerprint density at radius 1 is 0.650 bits per heavy atom. The van der Waals surface area contributed by atoms with E-state index in [-0.39, 0.29) is 13.0 Å². The van der Waals surface area contributed by atoms with Crippen molar-refractivity contribution in [3.8, 4) is 22.6 Å². The fourth-order valence-electron chi connectivity index (χ4n) is 6.86. The molecule has 1 atom stereocenters. The van der Waals surface area contributed by atoms with Gasteiger partial charge in [-0.3, -0.25) is 0 Å². The van der Waals surface area contributed by atoms with E-state index in [1.54, 1.807) is 0 Å². The highest BCUT2D eigenvalue weighted by atomic mass is 16.5. The van der Waals surface area contributed by atoms with Crippen LogP contribution in [-0.4, -0.2) is 17.6 Å². The minimum Gasteiger partial charge on any atom is -0.551 e. The van der Waals surface area contributed by atoms with Gasteiger partial charge in [0.05, 0.1) is 11.0 Å². The van der Waals surface area contributed by atoms with Crippen molar-refractivity contribution in [2.24, 2.45) is 0 Å². The summed E-state index contributed by atoms with van der Waals surface area (Å²) >= 11 is 0. The van der Waals surface area contributed by atoms with Gasteiger partial charge in [-0.1, -0.05) is 97.1 Å². The number of fused-ring (bicyclic) bond motifs is 7. The van der Waals surface area contributed by atoms with Gasteiger partial charge in [-0.2, -0.15) is 0 Å². The van der Waals surface area contributed by atoms with Crippen molar-refractivity contribution >= 4 is 45.5 Å². The molecule has 0 fully saturated rings. The van der Waals surface area contributed by atoms with Crippen LogP contribution in [0.2, 0.25) is 0 Å². The van der Waals surface area contributed by atoms with Gasteiger partial charge in [0, 0.05) is 33.9 Å². The lowest BCUT2D eigenvalue weighted by Gasteiger charge is -2.40. The summed E-state index contributed by atoms with van der Waals surface area (Å²) in [7, 11) is 0. The molecule has 0 N–H and O–H groups in total. The summed E-state index contributed by atoms with van der Waals surface area (Å²) in [4.78, 5) is 0. The summed E-state index contributed by atoms with van der Waals surface area (Å²) in [6, 6.07) is 42.9. The molecule has 0 spiro atoms. The van der Waals surface area contributed by atoms with Crippen LogP contribution in [0.15, 0.2) is 133 Å². The van der Waals surface area contributed by atoms with E-state index < -0.39 is 0 Å². The Kier molecular flexibility index (Phi) is 4.53. The fourth-order valence-corrected chi connectivity index (χ4v) is 6.86. The zero-order chi connectivity index (χ0) is 26.2. The molecule has 40 heavy (non-hydrogen) atoms. The van der Waals surface area contributed by atoms with Gasteiger partial charge in [0.25, 0.3) is 0 Å². The Labute approximate surface area is 232 Å². The second-order valence-corrected chi connectivity index (χ2v) is 10.8. The molecular formula is C36H24BNO2. The van der Waals surface area contributed by atoms with Crippen LogP contribution in [0.5, 0.6) is 11.5 Å². The van der Waals surface area contributed by atoms with E-state index in [0.29, 0.717) is 0 Å². The molecule has 9 rings (SSSR count). The standard InChI is InChI=1S/C36H24BNO2/c1-2-10-23(11-3-1)24-18-19-34-30(20-24)37-36-29(28-14-6-9-17-33(28)40-37)21-25(22-35(36)39-34)38-31-15-7-4-12-26(31)27-13-5-8-16-32(27)38/h1-21,35H,22H2. The second kappa shape index (κ2) is 8.27. The van der Waals surface area contributed by atoms with Crippen LogP contribution in [0.3, 0.4) is 0 Å². The molecule has 0 bridgehead atoms. The lowest BCUT2D eigenvalue weighted by atomic mass is 9.47. The number of nitrogens with zero attached hydrogens (tertiary/aromatic N) is 1. The maximum Gasteiger partial charge on any atom is 0.430 e. The number of hydrogen-bond donors (Lipinski definition) is 0. The summed E-state index contributed by atoms with van der Waals surface area (Å²) in [5.74, 6) is 1.82. The first-order chi connectivity index (χ1) is 19.8. The van der Waals surface area contributed by atoms with Crippen LogP contribution in [0.1, 0.15) is 12.0 Å². The highest BCUT2D eigenvalue weighted by Crippen LogP contribution is 2.46. The first-order valence-corrected chi connectivity index (χ1v) is 13.9. The normalized spacial score (nSPS) is 17.1. The quantitative estimate of drug-likeness (QED) is 0.221. The molecule has 0 saturated heterocycles. The Bertz CT molecular complexity index is 2000. The number of ether oxygens (including phenoxy) is 1. The average Bonchev–Trinajstić information content (AvgIpc) is 3.36. The van der Waals surface area contributed by atoms with Crippen molar-refractivity contribution in [1.82, 2.24) is 4.57 Å². The molecular weight excluding hydrogens is 489 g/mol. The number of allylic oxidation sites excluding steroid dienone is 2. The van der Waals surface area contributed by atoms with Crippen LogP contribution in [0.25, 0.3) is 44.2 Å². The molecule has 5 aromatic carbocycles. The first-order valence-electron chi connectivity index (χ1n) is 13.9. The molecule has 0 radical (unpaired) electrons. The van der Waals surface area contributed by atoms with Gasteiger partial charge in [0.2, 0.25) is 0 Å². The van der Waals surface area contributed by atoms with Crippen LogP contribution < -0.4 is 14.9 Å². The zero-order valence-electron chi connectivity index (χ0n) is 21.7. The largest absolute Gasteiger partial charge is 0.551 e. The molecule has 4 heteroatoms. The van der Waals surface area contributed by atoms with Crippen molar-refractivity contribution in [2.45, 2.75) is 12.5 Å². The maximum absolute atomic E-state index is 6.84. The molecule has 1 unspecified atom stereocenters. The molecule has 3 nitrogen and oxygen atoms in total. The van der Waals surface area contributed by atoms with Crippen molar-refractivity contribution in [2.75, 3.05) is 0 Å². The highest BCUT2D eigenvalue weighted by molar-refractivity contribution is 6.78. The van der Waals surface area contributed by atoms with Crippen molar-refractivity contribution in [3.63, 3.8) is 0 Å². The van der Waals surface area contributed by atoms with Crippen molar-refractivity contribution in [1.29, 1.82) is 0 Å². The third-order valence-corrected chi connectivity index (χ3v) is 8.60. The maximum atomic E-state index is 6.84. The lowest BCUT2D eigenvalue weighted by Crippen LogP contribution is -2.52. The van der Waals surface area contributed by atoms with Gasteiger partial charge in [-0.15, -0.1) is 0 Å².